The predicted molar refractivity (Wildman–Crippen MR) is 538 cm³/mol. The molecule has 8 unspecified atom stereocenters. The summed E-state index contributed by atoms with van der Waals surface area (Å²) in [5, 5.41) is -15.3. The number of ether oxygens (including phenoxy) is 6. The quantitative estimate of drug-likeness (QED) is 0.00800. The molecule has 782 valence electrons. The highest BCUT2D eigenvalue weighted by Crippen LogP contribution is 2.72. The van der Waals surface area contributed by atoms with E-state index in [1.54, 1.807) is 32.1 Å². The Hall–Kier alpha value is -10.8. The van der Waals surface area contributed by atoms with Gasteiger partial charge in [-0.2, -0.15) is 39.5 Å². The van der Waals surface area contributed by atoms with Crippen LogP contribution in [0.1, 0.15) is 149 Å². The van der Waals surface area contributed by atoms with E-state index in [-0.39, 0.29) is 105 Å². The van der Waals surface area contributed by atoms with E-state index in [0.717, 1.165) is 24.8 Å². The molecule has 0 spiro atoms. The normalized spacial score (nSPS) is 25.7. The zero-order valence-corrected chi connectivity index (χ0v) is 86.5. The number of rotatable bonds is 29. The Kier molecular flexibility index (Phi) is 34.7. The van der Waals surface area contributed by atoms with E-state index in [1.807, 2.05) is 19.1 Å². The summed E-state index contributed by atoms with van der Waals surface area (Å²) in [4.78, 5) is 61.2. The van der Waals surface area contributed by atoms with Gasteiger partial charge in [0.1, 0.15) is 28.5 Å². The molecule has 8 atom stereocenters. The molecule has 0 radical (unpaired) electrons. The van der Waals surface area contributed by atoms with Gasteiger partial charge in [-0.15, -0.1) is 0 Å². The number of benzene rings is 10. The third-order valence-corrected chi connectivity index (χ3v) is 38.7. The molecule has 10 aromatic carbocycles. The largest absolute Gasteiger partial charge is 0.743 e. The number of alkyl halides is 9. The molecular formula is C113H117F9O19S6. The van der Waals surface area contributed by atoms with Gasteiger partial charge in [-0.3, -0.25) is 4.79 Å². The van der Waals surface area contributed by atoms with Crippen LogP contribution < -0.4 is 4.74 Å². The van der Waals surface area contributed by atoms with Gasteiger partial charge in [0.2, 0.25) is 0 Å². The van der Waals surface area contributed by atoms with Crippen molar-refractivity contribution < 1.29 is 126 Å². The molecular weight excluding hydrogens is 2020 g/mol. The van der Waals surface area contributed by atoms with Gasteiger partial charge in [0.05, 0.1) is 43.7 Å². The van der Waals surface area contributed by atoms with Gasteiger partial charge in [-0.05, 0) is 305 Å². The first-order valence-electron chi connectivity index (χ1n) is 48.4. The lowest BCUT2D eigenvalue weighted by atomic mass is 9.42. The van der Waals surface area contributed by atoms with Crippen LogP contribution in [0.25, 0.3) is 6.08 Å². The Morgan fingerprint density at radius 1 is 0.422 bits per heavy atom. The van der Waals surface area contributed by atoms with Crippen molar-refractivity contribution in [2.24, 2.45) is 64.1 Å². The van der Waals surface area contributed by atoms with Crippen molar-refractivity contribution >= 4 is 93.0 Å². The number of halogens is 9. The summed E-state index contributed by atoms with van der Waals surface area (Å²) in [5.74, 6) is -9.06. The van der Waals surface area contributed by atoms with Gasteiger partial charge in [0, 0.05) is 23.0 Å². The van der Waals surface area contributed by atoms with Crippen molar-refractivity contribution in [1.29, 1.82) is 0 Å². The van der Waals surface area contributed by atoms with E-state index in [9.17, 15) is 97.6 Å². The second kappa shape index (κ2) is 45.6. The highest BCUT2D eigenvalue weighted by Gasteiger charge is 2.75. The molecule has 147 heavy (non-hydrogen) atoms. The SMILES string of the molecule is C=C(C)C(=O)OC1(C)C2CC3CC1CC(C(C(F)(F)F)C(F)(F)S(=O)(=O)[O-])(C3)C2.C=C(C)C(=O)OC1(CC)C2CC3CC1CC(OC(=O)C(F)(F)S(=O)(=O)[O-])(C3)C2.C=Cc1ccc(OC(C)OC23CC4CC(C2)CC(C(=O)OCC(F)(F)S(=O)(=O)[O-])(C4)C3)cc1.c1ccc([S+](c2ccccc2)c2ccccc2)cc1.c1ccc([S+](c2ccccc2)c2ccccc2)cc1.c1ccc([S+](c2ccccc2)c2ccccc2)cc1. The lowest BCUT2D eigenvalue weighted by molar-refractivity contribution is -0.299. The molecule has 12 saturated carbocycles. The number of esters is 4. The third kappa shape index (κ3) is 25.4. The molecule has 0 heterocycles. The average Bonchev–Trinajstić information content (AvgIpc) is 1.60. The fourth-order valence-corrected chi connectivity index (χ4v) is 31.5. The summed E-state index contributed by atoms with van der Waals surface area (Å²) in [6.07, 6.45) is 1.48. The third-order valence-electron chi connectivity index (χ3n) is 29.5. The van der Waals surface area contributed by atoms with Gasteiger partial charge in [-0.25, -0.2) is 39.6 Å². The Morgan fingerprint density at radius 3 is 1.07 bits per heavy atom. The second-order valence-corrected chi connectivity index (χ2v) is 50.3. The van der Waals surface area contributed by atoms with Gasteiger partial charge in [0.25, 0.3) is 0 Å². The maximum Gasteiger partial charge on any atom is 0.428 e. The van der Waals surface area contributed by atoms with Crippen LogP contribution in [0.2, 0.25) is 0 Å². The minimum atomic E-state index is -6.54. The number of hydrogen-bond acceptors (Lipinski definition) is 19. The van der Waals surface area contributed by atoms with E-state index in [0.29, 0.717) is 57.1 Å². The number of hydrogen-bond donors (Lipinski definition) is 0. The highest BCUT2D eigenvalue weighted by atomic mass is 32.2. The van der Waals surface area contributed by atoms with Crippen molar-refractivity contribution in [3.8, 4) is 5.75 Å². The summed E-state index contributed by atoms with van der Waals surface area (Å²) in [5.41, 5.74) is -5.69. The maximum absolute atomic E-state index is 14.4. The van der Waals surface area contributed by atoms with E-state index in [2.05, 4.69) is 293 Å². The second-order valence-electron chi connectivity index (χ2n) is 39.8. The Labute approximate surface area is 861 Å². The zero-order chi connectivity index (χ0) is 106. The molecule has 12 aliphatic rings. The van der Waals surface area contributed by atoms with Crippen LogP contribution >= 0.6 is 0 Å². The highest BCUT2D eigenvalue weighted by molar-refractivity contribution is 7.97. The zero-order valence-electron chi connectivity index (χ0n) is 81.6. The molecule has 0 aliphatic heterocycles. The Bertz CT molecular complexity index is 5990. The Balaban J connectivity index is 0.000000141. The molecule has 10 aromatic rings. The smallest absolute Gasteiger partial charge is 0.428 e. The Morgan fingerprint density at radius 2 is 0.755 bits per heavy atom. The van der Waals surface area contributed by atoms with Crippen LogP contribution in [0.15, 0.2) is 372 Å². The molecule has 0 saturated heterocycles. The van der Waals surface area contributed by atoms with Crippen LogP contribution in [0.5, 0.6) is 5.75 Å². The van der Waals surface area contributed by atoms with Crippen molar-refractivity contribution in [2.75, 3.05) is 6.61 Å². The van der Waals surface area contributed by atoms with E-state index in [1.165, 1.54) is 57.9 Å². The van der Waals surface area contributed by atoms with Gasteiger partial charge in [0.15, 0.2) is 87.3 Å². The van der Waals surface area contributed by atoms with Gasteiger partial charge in [-0.1, -0.05) is 209 Å². The summed E-state index contributed by atoms with van der Waals surface area (Å²) in [7, 11) is -18.7. The monoisotopic (exact) mass is 2140 g/mol. The average molecular weight is 2140 g/mol. The molecule has 22 rings (SSSR count). The minimum Gasteiger partial charge on any atom is -0.743 e. The summed E-state index contributed by atoms with van der Waals surface area (Å²) in [6.45, 7) is 17.2. The molecule has 0 aromatic heterocycles. The van der Waals surface area contributed by atoms with Crippen LogP contribution in [0, 0.1) is 64.1 Å². The molecule has 34 heteroatoms. The molecule has 19 nitrogen and oxygen atoms in total. The molecule has 12 aliphatic carbocycles. The van der Waals surface area contributed by atoms with Crippen molar-refractivity contribution in [2.45, 2.75) is 238 Å². The summed E-state index contributed by atoms with van der Waals surface area (Å²) in [6, 6.07) is 104. The summed E-state index contributed by atoms with van der Waals surface area (Å²) < 4.78 is 256. The van der Waals surface area contributed by atoms with Crippen LogP contribution in [0.4, 0.5) is 39.5 Å². The summed E-state index contributed by atoms with van der Waals surface area (Å²) >= 11 is 0. The van der Waals surface area contributed by atoms with Crippen LogP contribution in [-0.4, -0.2) is 120 Å². The van der Waals surface area contributed by atoms with Crippen LogP contribution in [0.3, 0.4) is 0 Å². The molecule has 0 N–H and O–H groups in total. The first-order chi connectivity index (χ1) is 69.4. The first kappa shape index (κ1) is 112. The van der Waals surface area contributed by atoms with Gasteiger partial charge >= 0.3 is 45.8 Å². The van der Waals surface area contributed by atoms with E-state index >= 15 is 0 Å². The maximum atomic E-state index is 14.4. The number of carbonyl (C=O) groups excluding carboxylic acids is 4. The lowest BCUT2D eigenvalue weighted by Gasteiger charge is -2.65. The molecule has 12 bridgehead atoms. The molecule has 0 amide bonds. The van der Waals surface area contributed by atoms with Crippen molar-refractivity contribution in [3.63, 3.8) is 0 Å². The van der Waals surface area contributed by atoms with Crippen molar-refractivity contribution in [3.05, 3.63) is 334 Å². The fraction of sp³-hybridized carbons (Fsp3) is 0.381. The number of carbonyl (C=O) groups is 4. The van der Waals surface area contributed by atoms with E-state index < -0.39 is 153 Å². The minimum absolute atomic E-state index is 0.0146. The topological polar surface area (TPSA) is 295 Å². The fourth-order valence-electron chi connectivity index (χ4n) is 24.1. The first-order valence-corrected chi connectivity index (χ1v) is 56.3. The molecule has 12 fully saturated rings. The van der Waals surface area contributed by atoms with Crippen molar-refractivity contribution in [1.82, 2.24) is 0 Å². The van der Waals surface area contributed by atoms with E-state index in [4.69, 9.17) is 28.4 Å². The lowest BCUT2D eigenvalue weighted by Crippen LogP contribution is -2.66. The predicted octanol–water partition coefficient (Wildman–Crippen LogP) is 25.0. The van der Waals surface area contributed by atoms with Crippen LogP contribution in [-0.2, 0) is 106 Å². The standard InChI is InChI=1S/C23H28F2O7S.C18H23F5O5S.C18H24F2O7S.3C18H15S/c1-3-16-4-6-19(7-5-16)31-15(2)32-22-11-17-8-18(12-22)10-21(9-17,13-22)20(26)30-14-23(24,25)33(27,28)29;1-9(2)13(24)28-15(3)11-4-10-5-12(15)8-16(6-10,7-11)14(17(19,20)21)18(22,23)29(25,26)27;1-4-17(26-14(21)10(2)3)12-5-11-6-13(17)9-16(7-11,8-12)27-15(22)18(19,20)28(23,24)25;3*1-4-10-16(11-5-1)19(17-12-6-2-7-13-17)18-14-8-3-9-15-18/h3-7,15,17-18H,1,8-14H2,2H3,(H,27,28,29);10-12,14H,1,4-8H2,2-3H3,(H,25,26,27);11-13H,2,4-9H2,1,3H3,(H,23,24,25);3*1-15H/q;;;3*+1/p-3. The van der Waals surface area contributed by atoms with Gasteiger partial charge < -0.3 is 42.1 Å².